The van der Waals surface area contributed by atoms with E-state index in [4.69, 9.17) is 23.4 Å². The van der Waals surface area contributed by atoms with Crippen LogP contribution in [0, 0.1) is 17.8 Å². The SMILES string of the molecule is COc1ccc(COC[C@@H](C)[C@H]2OC(C)(C)O[C@H]([C@@H](C)CO[Si](C)(C)C(C)(C)C)[C@@H]2C)cc1. The molecule has 6 heteroatoms. The van der Waals surface area contributed by atoms with Gasteiger partial charge in [0, 0.05) is 24.4 Å². The maximum absolute atomic E-state index is 6.54. The molecule has 0 aliphatic carbocycles. The molecule has 1 aliphatic heterocycles. The van der Waals surface area contributed by atoms with Gasteiger partial charge in [0.25, 0.3) is 0 Å². The minimum absolute atomic E-state index is 0.0601. The van der Waals surface area contributed by atoms with Crippen molar-refractivity contribution in [1.82, 2.24) is 0 Å². The lowest BCUT2D eigenvalue weighted by Gasteiger charge is -2.49. The van der Waals surface area contributed by atoms with Crippen LogP contribution in [0.15, 0.2) is 24.3 Å². The second-order valence-electron chi connectivity index (χ2n) is 11.8. The van der Waals surface area contributed by atoms with Crippen molar-refractivity contribution in [1.29, 1.82) is 0 Å². The lowest BCUT2D eigenvalue weighted by atomic mass is 9.83. The summed E-state index contributed by atoms with van der Waals surface area (Å²) in [5.41, 5.74) is 1.14. The van der Waals surface area contributed by atoms with Gasteiger partial charge in [-0.1, -0.05) is 53.7 Å². The first-order chi connectivity index (χ1) is 15.2. The Hall–Kier alpha value is -0.923. The third-order valence-electron chi connectivity index (χ3n) is 7.32. The van der Waals surface area contributed by atoms with E-state index in [9.17, 15) is 0 Å². The lowest BCUT2D eigenvalue weighted by molar-refractivity contribution is -0.336. The number of hydrogen-bond donors (Lipinski definition) is 0. The van der Waals surface area contributed by atoms with Crippen LogP contribution in [0.2, 0.25) is 18.1 Å². The third-order valence-corrected chi connectivity index (χ3v) is 11.8. The standard InChI is InChI=1S/C27H48O5Si/c1-19(16-29-18-22-12-14-23(28-9)15-13-22)24-21(3)25(32-27(7,8)31-24)20(2)17-30-33(10,11)26(4,5)6/h12-15,19-21,24-25H,16-18H2,1-11H3/t19-,20+,21-,24-,25-/m1/s1. The number of rotatable bonds is 10. The molecular weight excluding hydrogens is 432 g/mol. The molecule has 1 aromatic rings. The maximum Gasteiger partial charge on any atom is 0.191 e. The topological polar surface area (TPSA) is 46.2 Å². The van der Waals surface area contributed by atoms with Crippen LogP contribution < -0.4 is 4.74 Å². The second-order valence-corrected chi connectivity index (χ2v) is 16.6. The molecule has 2 rings (SSSR count). The number of ether oxygens (including phenoxy) is 4. The van der Waals surface area contributed by atoms with Crippen LogP contribution in [0.25, 0.3) is 0 Å². The Morgan fingerprint density at radius 1 is 0.970 bits per heavy atom. The molecule has 0 radical (unpaired) electrons. The zero-order valence-corrected chi connectivity index (χ0v) is 23.9. The molecule has 0 unspecified atom stereocenters. The molecule has 5 nitrogen and oxygen atoms in total. The Morgan fingerprint density at radius 2 is 1.48 bits per heavy atom. The van der Waals surface area contributed by atoms with Gasteiger partial charge in [-0.25, -0.2) is 0 Å². The monoisotopic (exact) mass is 480 g/mol. The van der Waals surface area contributed by atoms with Crippen molar-refractivity contribution in [3.05, 3.63) is 29.8 Å². The summed E-state index contributed by atoms with van der Waals surface area (Å²) in [6.07, 6.45) is 0.137. The van der Waals surface area contributed by atoms with Gasteiger partial charge >= 0.3 is 0 Å². The van der Waals surface area contributed by atoms with Crippen molar-refractivity contribution < 1.29 is 23.4 Å². The Morgan fingerprint density at radius 3 is 1.97 bits per heavy atom. The highest BCUT2D eigenvalue weighted by Crippen LogP contribution is 2.40. The van der Waals surface area contributed by atoms with Crippen molar-refractivity contribution in [3.8, 4) is 5.75 Å². The van der Waals surface area contributed by atoms with E-state index in [1.54, 1.807) is 7.11 Å². The first kappa shape index (κ1) is 28.3. The molecule has 1 saturated heterocycles. The van der Waals surface area contributed by atoms with Gasteiger partial charge in [0.15, 0.2) is 14.1 Å². The molecule has 190 valence electrons. The van der Waals surface area contributed by atoms with Gasteiger partial charge in [-0.2, -0.15) is 0 Å². The summed E-state index contributed by atoms with van der Waals surface area (Å²) in [7, 11) is -0.120. The zero-order chi connectivity index (χ0) is 25.0. The summed E-state index contributed by atoms with van der Waals surface area (Å²) in [5, 5.41) is 0.201. The molecule has 0 amide bonds. The van der Waals surface area contributed by atoms with Crippen LogP contribution in [-0.2, 0) is 25.2 Å². The average Bonchev–Trinajstić information content (AvgIpc) is 2.73. The Labute approximate surface area is 203 Å². The molecule has 0 aromatic heterocycles. The third kappa shape index (κ3) is 7.79. The molecule has 0 spiro atoms. The Balaban J connectivity index is 1.97. The van der Waals surface area contributed by atoms with E-state index in [0.717, 1.165) is 17.9 Å². The molecule has 0 saturated carbocycles. The van der Waals surface area contributed by atoms with Gasteiger partial charge in [-0.3, -0.25) is 0 Å². The van der Waals surface area contributed by atoms with Crippen molar-refractivity contribution in [2.24, 2.45) is 17.8 Å². The van der Waals surface area contributed by atoms with Gasteiger partial charge < -0.3 is 23.4 Å². The van der Waals surface area contributed by atoms with Gasteiger partial charge in [-0.05, 0) is 49.7 Å². The van der Waals surface area contributed by atoms with Gasteiger partial charge in [-0.15, -0.1) is 0 Å². The summed E-state index contributed by atoms with van der Waals surface area (Å²) in [6, 6.07) is 8.01. The minimum Gasteiger partial charge on any atom is -0.497 e. The molecule has 1 aromatic carbocycles. The first-order valence-corrected chi connectivity index (χ1v) is 15.3. The first-order valence-electron chi connectivity index (χ1n) is 12.4. The molecule has 33 heavy (non-hydrogen) atoms. The highest BCUT2D eigenvalue weighted by Gasteiger charge is 2.46. The van der Waals surface area contributed by atoms with E-state index in [-0.39, 0.29) is 35.0 Å². The molecule has 1 fully saturated rings. The van der Waals surface area contributed by atoms with Crippen molar-refractivity contribution >= 4 is 8.32 Å². The molecule has 1 heterocycles. The number of methoxy groups -OCH3 is 1. The molecular formula is C27H48O5Si. The van der Waals surface area contributed by atoms with E-state index in [2.05, 4.69) is 54.6 Å². The second kappa shape index (κ2) is 11.2. The van der Waals surface area contributed by atoms with Crippen LogP contribution in [0.1, 0.15) is 61.0 Å². The molecule has 5 atom stereocenters. The highest BCUT2D eigenvalue weighted by atomic mass is 28.4. The molecule has 0 N–H and O–H groups in total. The lowest BCUT2D eigenvalue weighted by Crippen LogP contribution is -2.55. The Bertz CT molecular complexity index is 725. The number of benzene rings is 1. The van der Waals surface area contributed by atoms with Crippen LogP contribution >= 0.6 is 0 Å². The fourth-order valence-electron chi connectivity index (χ4n) is 4.18. The summed E-state index contributed by atoms with van der Waals surface area (Å²) >= 11 is 0. The predicted octanol–water partition coefficient (Wildman–Crippen LogP) is 6.66. The van der Waals surface area contributed by atoms with Crippen LogP contribution in [0.5, 0.6) is 5.75 Å². The van der Waals surface area contributed by atoms with E-state index < -0.39 is 14.1 Å². The smallest absolute Gasteiger partial charge is 0.191 e. The molecule has 1 aliphatic rings. The summed E-state index contributed by atoms with van der Waals surface area (Å²) in [5.74, 6) is 1.01. The van der Waals surface area contributed by atoms with Gasteiger partial charge in [0.1, 0.15) is 5.75 Å². The van der Waals surface area contributed by atoms with Gasteiger partial charge in [0.2, 0.25) is 0 Å². The highest BCUT2D eigenvalue weighted by molar-refractivity contribution is 6.74. The van der Waals surface area contributed by atoms with Gasteiger partial charge in [0.05, 0.1) is 32.5 Å². The van der Waals surface area contributed by atoms with E-state index in [1.807, 2.05) is 38.1 Å². The largest absolute Gasteiger partial charge is 0.497 e. The normalized spacial score (nSPS) is 25.5. The van der Waals surface area contributed by atoms with E-state index in [0.29, 0.717) is 13.2 Å². The fraction of sp³-hybridized carbons (Fsp3) is 0.778. The quantitative estimate of drug-likeness (QED) is 0.350. The van der Waals surface area contributed by atoms with E-state index >= 15 is 0 Å². The zero-order valence-electron chi connectivity index (χ0n) is 22.9. The average molecular weight is 481 g/mol. The summed E-state index contributed by atoms with van der Waals surface area (Å²) in [4.78, 5) is 0. The maximum atomic E-state index is 6.54. The van der Waals surface area contributed by atoms with E-state index in [1.165, 1.54) is 0 Å². The predicted molar refractivity (Wildman–Crippen MR) is 137 cm³/mol. The number of hydrogen-bond acceptors (Lipinski definition) is 5. The van der Waals surface area contributed by atoms with Crippen molar-refractivity contribution in [2.75, 3.05) is 20.3 Å². The fourth-order valence-corrected chi connectivity index (χ4v) is 5.30. The van der Waals surface area contributed by atoms with Crippen LogP contribution in [-0.4, -0.2) is 46.6 Å². The Kier molecular flexibility index (Phi) is 9.62. The van der Waals surface area contributed by atoms with Crippen LogP contribution in [0.4, 0.5) is 0 Å². The minimum atomic E-state index is -1.80. The van der Waals surface area contributed by atoms with Crippen molar-refractivity contribution in [2.45, 2.75) is 98.1 Å². The van der Waals surface area contributed by atoms with Crippen molar-refractivity contribution in [3.63, 3.8) is 0 Å². The molecule has 0 bridgehead atoms. The summed E-state index contributed by atoms with van der Waals surface area (Å²) < 4.78 is 30.7. The summed E-state index contributed by atoms with van der Waals surface area (Å²) in [6.45, 7) is 24.1. The van der Waals surface area contributed by atoms with Crippen LogP contribution in [0.3, 0.4) is 0 Å².